The number of hydrogen-bond acceptors (Lipinski definition) is 1. The van der Waals surface area contributed by atoms with Crippen molar-refractivity contribution < 1.29 is 4.39 Å². The van der Waals surface area contributed by atoms with Gasteiger partial charge in [-0.15, -0.1) is 0 Å². The van der Waals surface area contributed by atoms with E-state index in [2.05, 4.69) is 5.32 Å². The van der Waals surface area contributed by atoms with E-state index in [0.29, 0.717) is 10.7 Å². The molecule has 0 aliphatic rings. The molecule has 1 rings (SSSR count). The van der Waals surface area contributed by atoms with Crippen molar-refractivity contribution in [1.29, 1.82) is 0 Å². The van der Waals surface area contributed by atoms with Crippen LogP contribution in [0.5, 0.6) is 0 Å². The van der Waals surface area contributed by atoms with Crippen LogP contribution in [0.25, 0.3) is 0 Å². The molecule has 0 aromatic heterocycles. The van der Waals surface area contributed by atoms with E-state index in [4.69, 9.17) is 23.2 Å². The fourth-order valence-electron chi connectivity index (χ4n) is 0.756. The van der Waals surface area contributed by atoms with Gasteiger partial charge in [0.2, 0.25) is 0 Å². The Kier molecular flexibility index (Phi) is 2.58. The molecule has 1 aromatic rings. The van der Waals surface area contributed by atoms with Crippen LogP contribution in [0.4, 0.5) is 10.1 Å². The minimum absolute atomic E-state index is 0.0278. The Hall–Kier alpha value is -0.470. The molecule has 0 bridgehead atoms. The second kappa shape index (κ2) is 3.28. The Morgan fingerprint density at radius 1 is 1.36 bits per heavy atom. The van der Waals surface area contributed by atoms with Gasteiger partial charge in [-0.3, -0.25) is 0 Å². The van der Waals surface area contributed by atoms with Gasteiger partial charge in [-0.25, -0.2) is 4.39 Å². The zero-order valence-corrected chi connectivity index (χ0v) is 7.30. The largest absolute Gasteiger partial charge is 0.386 e. The van der Waals surface area contributed by atoms with Crippen LogP contribution in [0.1, 0.15) is 0 Å². The second-order valence-electron chi connectivity index (χ2n) is 1.97. The van der Waals surface area contributed by atoms with Gasteiger partial charge in [0.25, 0.3) is 0 Å². The first kappa shape index (κ1) is 8.62. The van der Waals surface area contributed by atoms with Crippen LogP contribution >= 0.6 is 23.2 Å². The van der Waals surface area contributed by atoms with Crippen molar-refractivity contribution in [2.45, 2.75) is 0 Å². The number of anilines is 1. The SMILES string of the molecule is CNc1c(Cl)ccc(F)c1Cl. The molecule has 0 atom stereocenters. The van der Waals surface area contributed by atoms with Gasteiger partial charge in [0.15, 0.2) is 0 Å². The molecule has 0 aliphatic carbocycles. The van der Waals surface area contributed by atoms with Gasteiger partial charge in [-0.1, -0.05) is 23.2 Å². The van der Waals surface area contributed by atoms with Gasteiger partial charge >= 0.3 is 0 Å². The zero-order valence-electron chi connectivity index (χ0n) is 5.79. The van der Waals surface area contributed by atoms with E-state index in [0.717, 1.165) is 0 Å². The normalized spacial score (nSPS) is 9.82. The van der Waals surface area contributed by atoms with Gasteiger partial charge in [0, 0.05) is 7.05 Å². The Labute approximate surface area is 74.1 Å². The quantitative estimate of drug-likeness (QED) is 0.677. The maximum Gasteiger partial charge on any atom is 0.144 e. The van der Waals surface area contributed by atoms with Crippen LogP contribution in [-0.2, 0) is 0 Å². The molecule has 0 spiro atoms. The number of halogens is 3. The molecule has 0 saturated heterocycles. The van der Waals surface area contributed by atoms with E-state index in [1.165, 1.54) is 12.1 Å². The molecular formula is C7H6Cl2FN. The van der Waals surface area contributed by atoms with Gasteiger partial charge in [-0.2, -0.15) is 0 Å². The van der Waals surface area contributed by atoms with Crippen molar-refractivity contribution in [1.82, 2.24) is 0 Å². The predicted molar refractivity (Wildman–Crippen MR) is 46.0 cm³/mol. The summed E-state index contributed by atoms with van der Waals surface area (Å²) in [5.74, 6) is -0.472. The average Bonchev–Trinajstić information content (AvgIpc) is 1.99. The Balaban J connectivity index is 3.29. The summed E-state index contributed by atoms with van der Waals surface area (Å²) in [6.45, 7) is 0. The highest BCUT2D eigenvalue weighted by Crippen LogP contribution is 2.31. The zero-order chi connectivity index (χ0) is 8.43. The summed E-state index contributed by atoms with van der Waals surface area (Å²) >= 11 is 11.3. The monoisotopic (exact) mass is 193 g/mol. The first-order valence-electron chi connectivity index (χ1n) is 2.98. The van der Waals surface area contributed by atoms with E-state index in [9.17, 15) is 4.39 Å². The second-order valence-corrected chi connectivity index (χ2v) is 2.75. The summed E-state index contributed by atoms with van der Waals surface area (Å²) in [7, 11) is 1.63. The Bertz CT molecular complexity index is 275. The molecule has 0 aliphatic heterocycles. The first-order valence-corrected chi connectivity index (χ1v) is 3.73. The van der Waals surface area contributed by atoms with Gasteiger partial charge in [0.1, 0.15) is 10.8 Å². The fourth-order valence-corrected chi connectivity index (χ4v) is 1.32. The molecule has 0 fully saturated rings. The van der Waals surface area contributed by atoms with Crippen molar-refractivity contribution in [3.05, 3.63) is 28.0 Å². The number of rotatable bonds is 1. The highest BCUT2D eigenvalue weighted by Gasteiger charge is 2.07. The standard InChI is InChI=1S/C7H6Cl2FN/c1-11-7-4(8)2-3-5(10)6(7)9/h2-3,11H,1H3. The summed E-state index contributed by atoms with van der Waals surface area (Å²) in [6.07, 6.45) is 0. The summed E-state index contributed by atoms with van der Waals surface area (Å²) in [5, 5.41) is 3.14. The summed E-state index contributed by atoms with van der Waals surface area (Å²) in [4.78, 5) is 0. The van der Waals surface area contributed by atoms with Crippen molar-refractivity contribution in [3.63, 3.8) is 0 Å². The molecule has 0 amide bonds. The Morgan fingerprint density at radius 3 is 2.45 bits per heavy atom. The molecule has 1 aromatic carbocycles. The number of hydrogen-bond donors (Lipinski definition) is 1. The van der Waals surface area contributed by atoms with E-state index in [1.807, 2.05) is 0 Å². The lowest BCUT2D eigenvalue weighted by atomic mass is 10.3. The van der Waals surface area contributed by atoms with Gasteiger partial charge in [-0.05, 0) is 12.1 Å². The minimum atomic E-state index is -0.472. The summed E-state index contributed by atoms with van der Waals surface area (Å²) in [5.41, 5.74) is 0.424. The van der Waals surface area contributed by atoms with Crippen LogP contribution in [0.2, 0.25) is 10.0 Å². The van der Waals surface area contributed by atoms with Crippen LogP contribution in [0.15, 0.2) is 12.1 Å². The smallest absolute Gasteiger partial charge is 0.144 e. The summed E-state index contributed by atoms with van der Waals surface area (Å²) in [6, 6.07) is 2.68. The Morgan fingerprint density at radius 2 is 2.00 bits per heavy atom. The van der Waals surface area contributed by atoms with Gasteiger partial charge < -0.3 is 5.32 Å². The van der Waals surface area contributed by atoms with E-state index in [1.54, 1.807) is 7.05 Å². The molecule has 60 valence electrons. The highest BCUT2D eigenvalue weighted by molar-refractivity contribution is 6.39. The molecule has 0 radical (unpaired) electrons. The number of nitrogens with one attached hydrogen (secondary N) is 1. The van der Waals surface area contributed by atoms with Gasteiger partial charge in [0.05, 0.1) is 10.7 Å². The maximum absolute atomic E-state index is 12.7. The van der Waals surface area contributed by atoms with E-state index >= 15 is 0 Å². The van der Waals surface area contributed by atoms with Crippen LogP contribution in [0, 0.1) is 5.82 Å². The van der Waals surface area contributed by atoms with Crippen LogP contribution < -0.4 is 5.32 Å². The molecule has 0 unspecified atom stereocenters. The van der Waals surface area contributed by atoms with E-state index < -0.39 is 5.82 Å². The molecular weight excluding hydrogens is 188 g/mol. The molecule has 0 heterocycles. The first-order chi connectivity index (χ1) is 5.16. The topological polar surface area (TPSA) is 12.0 Å². The summed E-state index contributed by atoms with van der Waals surface area (Å²) < 4.78 is 12.7. The lowest BCUT2D eigenvalue weighted by Crippen LogP contribution is -1.92. The third kappa shape index (κ3) is 1.57. The van der Waals surface area contributed by atoms with E-state index in [-0.39, 0.29) is 5.02 Å². The van der Waals surface area contributed by atoms with Crippen LogP contribution in [-0.4, -0.2) is 7.05 Å². The predicted octanol–water partition coefficient (Wildman–Crippen LogP) is 3.17. The van der Waals surface area contributed by atoms with Crippen LogP contribution in [0.3, 0.4) is 0 Å². The minimum Gasteiger partial charge on any atom is -0.386 e. The maximum atomic E-state index is 12.7. The highest BCUT2D eigenvalue weighted by atomic mass is 35.5. The van der Waals surface area contributed by atoms with Crippen molar-refractivity contribution in [2.75, 3.05) is 12.4 Å². The van der Waals surface area contributed by atoms with Crippen molar-refractivity contribution in [2.24, 2.45) is 0 Å². The average molecular weight is 194 g/mol. The molecule has 1 nitrogen and oxygen atoms in total. The molecule has 0 saturated carbocycles. The number of benzene rings is 1. The lowest BCUT2D eigenvalue weighted by molar-refractivity contribution is 0.629. The fraction of sp³-hybridized carbons (Fsp3) is 0.143. The van der Waals surface area contributed by atoms with Crippen molar-refractivity contribution in [3.8, 4) is 0 Å². The lowest BCUT2D eigenvalue weighted by Gasteiger charge is -2.05. The third-order valence-corrected chi connectivity index (χ3v) is 1.98. The molecule has 4 heteroatoms. The third-order valence-electron chi connectivity index (χ3n) is 1.29. The molecule has 1 N–H and O–H groups in total. The van der Waals surface area contributed by atoms with Crippen molar-refractivity contribution >= 4 is 28.9 Å². The molecule has 11 heavy (non-hydrogen) atoms.